The van der Waals surface area contributed by atoms with Gasteiger partial charge in [-0.15, -0.1) is 0 Å². The fourth-order valence-electron chi connectivity index (χ4n) is 2.20. The topological polar surface area (TPSA) is 46.6 Å². The monoisotopic (exact) mass is 261 g/mol. The number of nitrogens with zero attached hydrogens (tertiary/aromatic N) is 1. The van der Waals surface area contributed by atoms with Crippen LogP contribution in [0.15, 0.2) is 18.2 Å². The molecule has 19 heavy (non-hydrogen) atoms. The van der Waals surface area contributed by atoms with Gasteiger partial charge in [0.05, 0.1) is 0 Å². The van der Waals surface area contributed by atoms with E-state index >= 15 is 0 Å². The first-order valence-electron chi connectivity index (χ1n) is 6.44. The molecule has 1 aromatic rings. The van der Waals surface area contributed by atoms with E-state index in [0.29, 0.717) is 18.7 Å². The highest BCUT2D eigenvalue weighted by Gasteiger charge is 2.26. The summed E-state index contributed by atoms with van der Waals surface area (Å²) >= 11 is 0. The van der Waals surface area contributed by atoms with Gasteiger partial charge >= 0.3 is 6.09 Å². The second-order valence-corrected chi connectivity index (χ2v) is 5.75. The second kappa shape index (κ2) is 5.03. The summed E-state index contributed by atoms with van der Waals surface area (Å²) in [5.41, 5.74) is 2.24. The van der Waals surface area contributed by atoms with Gasteiger partial charge in [-0.05, 0) is 38.3 Å². The highest BCUT2D eigenvalue weighted by atomic mass is 16.6. The van der Waals surface area contributed by atoms with Crippen LogP contribution in [0.2, 0.25) is 0 Å². The van der Waals surface area contributed by atoms with Crippen LogP contribution in [-0.4, -0.2) is 29.4 Å². The number of hydrogen-bond acceptors (Lipinski definition) is 3. The Kier molecular flexibility index (Phi) is 3.60. The molecule has 0 aliphatic carbocycles. The summed E-state index contributed by atoms with van der Waals surface area (Å²) in [4.78, 5) is 24.7. The SMILES string of the molecule is CC(C)(C)OC(=O)N1CCc2cccc(C=O)c2C1. The van der Waals surface area contributed by atoms with E-state index in [4.69, 9.17) is 4.74 Å². The van der Waals surface area contributed by atoms with Crippen LogP contribution in [0, 0.1) is 0 Å². The summed E-state index contributed by atoms with van der Waals surface area (Å²) in [5.74, 6) is 0. The third-order valence-corrected chi connectivity index (χ3v) is 3.09. The number of carbonyl (C=O) groups is 2. The van der Waals surface area contributed by atoms with E-state index in [-0.39, 0.29) is 6.09 Å². The van der Waals surface area contributed by atoms with E-state index in [2.05, 4.69) is 0 Å². The van der Waals surface area contributed by atoms with Crippen molar-refractivity contribution in [1.82, 2.24) is 4.90 Å². The molecule has 2 rings (SSSR count). The van der Waals surface area contributed by atoms with Crippen molar-refractivity contribution in [3.63, 3.8) is 0 Å². The lowest BCUT2D eigenvalue weighted by Crippen LogP contribution is -2.40. The lowest BCUT2D eigenvalue weighted by molar-refractivity contribution is 0.0223. The van der Waals surface area contributed by atoms with Gasteiger partial charge in [0.25, 0.3) is 0 Å². The standard InChI is InChI=1S/C15H19NO3/c1-15(2,3)19-14(18)16-8-7-11-5-4-6-12(10-17)13(11)9-16/h4-6,10H,7-9H2,1-3H3. The molecule has 102 valence electrons. The number of hydrogen-bond donors (Lipinski definition) is 0. The molecule has 1 aliphatic rings. The number of benzene rings is 1. The average molecular weight is 261 g/mol. The summed E-state index contributed by atoms with van der Waals surface area (Å²) in [6.07, 6.45) is 1.28. The summed E-state index contributed by atoms with van der Waals surface area (Å²) in [7, 11) is 0. The Morgan fingerprint density at radius 2 is 2.11 bits per heavy atom. The number of carbonyl (C=O) groups excluding carboxylic acids is 2. The van der Waals surface area contributed by atoms with E-state index in [0.717, 1.165) is 23.8 Å². The van der Waals surface area contributed by atoms with Crippen LogP contribution in [0.3, 0.4) is 0 Å². The molecule has 0 spiro atoms. The molecule has 0 N–H and O–H groups in total. The highest BCUT2D eigenvalue weighted by molar-refractivity contribution is 5.79. The van der Waals surface area contributed by atoms with Crippen LogP contribution in [0.1, 0.15) is 42.3 Å². The molecule has 4 nitrogen and oxygen atoms in total. The van der Waals surface area contributed by atoms with Gasteiger partial charge in [0.2, 0.25) is 0 Å². The van der Waals surface area contributed by atoms with Gasteiger partial charge in [-0.3, -0.25) is 4.79 Å². The summed E-state index contributed by atoms with van der Waals surface area (Å²) in [6, 6.07) is 5.67. The number of rotatable bonds is 1. The Labute approximate surface area is 113 Å². The van der Waals surface area contributed by atoms with Crippen LogP contribution in [-0.2, 0) is 17.7 Å². The maximum atomic E-state index is 12.0. The fourth-order valence-corrected chi connectivity index (χ4v) is 2.20. The van der Waals surface area contributed by atoms with E-state index in [1.165, 1.54) is 0 Å². The molecular weight excluding hydrogens is 242 g/mol. The first-order chi connectivity index (χ1) is 8.90. The minimum atomic E-state index is -0.498. The van der Waals surface area contributed by atoms with Gasteiger partial charge in [0, 0.05) is 18.7 Å². The van der Waals surface area contributed by atoms with Gasteiger partial charge in [0.1, 0.15) is 11.9 Å². The molecule has 0 fully saturated rings. The zero-order valence-electron chi connectivity index (χ0n) is 11.6. The van der Waals surface area contributed by atoms with E-state index in [9.17, 15) is 9.59 Å². The molecule has 0 radical (unpaired) electrons. The van der Waals surface area contributed by atoms with Gasteiger partial charge in [-0.1, -0.05) is 18.2 Å². The van der Waals surface area contributed by atoms with Crippen molar-refractivity contribution in [2.24, 2.45) is 0 Å². The highest BCUT2D eigenvalue weighted by Crippen LogP contribution is 2.23. The molecule has 0 saturated carbocycles. The molecule has 4 heteroatoms. The predicted octanol–water partition coefficient (Wildman–Crippen LogP) is 2.79. The van der Waals surface area contributed by atoms with Crippen LogP contribution < -0.4 is 0 Å². The summed E-state index contributed by atoms with van der Waals surface area (Å²) < 4.78 is 5.36. The minimum absolute atomic E-state index is 0.321. The van der Waals surface area contributed by atoms with Gasteiger partial charge < -0.3 is 9.64 Å². The summed E-state index contributed by atoms with van der Waals surface area (Å²) in [5, 5.41) is 0. The maximum Gasteiger partial charge on any atom is 0.410 e. The third kappa shape index (κ3) is 3.13. The Hall–Kier alpha value is -1.84. The van der Waals surface area contributed by atoms with Gasteiger partial charge in [-0.2, -0.15) is 0 Å². The Morgan fingerprint density at radius 1 is 1.37 bits per heavy atom. The molecule has 0 saturated heterocycles. The molecular formula is C15H19NO3. The predicted molar refractivity (Wildman–Crippen MR) is 72.2 cm³/mol. The minimum Gasteiger partial charge on any atom is -0.444 e. The van der Waals surface area contributed by atoms with E-state index < -0.39 is 5.60 Å². The first-order valence-corrected chi connectivity index (χ1v) is 6.44. The summed E-state index contributed by atoms with van der Waals surface area (Å²) in [6.45, 7) is 6.61. The molecule has 0 atom stereocenters. The van der Waals surface area contributed by atoms with Gasteiger partial charge in [-0.25, -0.2) is 4.79 Å². The molecule has 0 unspecified atom stereocenters. The zero-order chi connectivity index (χ0) is 14.0. The van der Waals surface area contributed by atoms with Crippen LogP contribution in [0.4, 0.5) is 4.79 Å². The molecule has 0 bridgehead atoms. The second-order valence-electron chi connectivity index (χ2n) is 5.75. The normalized spacial score (nSPS) is 14.8. The average Bonchev–Trinajstić information content (AvgIpc) is 2.35. The number of fused-ring (bicyclic) bond motifs is 1. The van der Waals surface area contributed by atoms with Crippen LogP contribution in [0.25, 0.3) is 0 Å². The molecule has 1 amide bonds. The number of ether oxygens (including phenoxy) is 1. The Morgan fingerprint density at radius 3 is 2.74 bits per heavy atom. The van der Waals surface area contributed by atoms with Crippen molar-refractivity contribution < 1.29 is 14.3 Å². The van der Waals surface area contributed by atoms with Crippen molar-refractivity contribution in [1.29, 1.82) is 0 Å². The lowest BCUT2D eigenvalue weighted by Gasteiger charge is -2.31. The third-order valence-electron chi connectivity index (χ3n) is 3.09. The fraction of sp³-hybridized carbons (Fsp3) is 0.467. The number of aldehydes is 1. The number of amides is 1. The van der Waals surface area contributed by atoms with Crippen molar-refractivity contribution in [2.45, 2.75) is 39.3 Å². The van der Waals surface area contributed by atoms with E-state index in [1.807, 2.05) is 32.9 Å². The Bertz CT molecular complexity index is 503. The molecule has 0 aromatic heterocycles. The van der Waals surface area contributed by atoms with E-state index in [1.54, 1.807) is 11.0 Å². The zero-order valence-corrected chi connectivity index (χ0v) is 11.6. The molecule has 1 aromatic carbocycles. The smallest absolute Gasteiger partial charge is 0.410 e. The molecule has 1 heterocycles. The van der Waals surface area contributed by atoms with Crippen LogP contribution in [0.5, 0.6) is 0 Å². The van der Waals surface area contributed by atoms with Crippen LogP contribution >= 0.6 is 0 Å². The lowest BCUT2D eigenvalue weighted by atomic mass is 9.96. The van der Waals surface area contributed by atoms with Gasteiger partial charge in [0.15, 0.2) is 0 Å². The first kappa shape index (κ1) is 13.6. The maximum absolute atomic E-state index is 12.0. The quantitative estimate of drug-likeness (QED) is 0.730. The van der Waals surface area contributed by atoms with Crippen molar-refractivity contribution in [3.05, 3.63) is 34.9 Å². The largest absolute Gasteiger partial charge is 0.444 e. The van der Waals surface area contributed by atoms with Crippen molar-refractivity contribution in [2.75, 3.05) is 6.54 Å². The Balaban J connectivity index is 2.17. The van der Waals surface area contributed by atoms with Crippen molar-refractivity contribution in [3.8, 4) is 0 Å². The van der Waals surface area contributed by atoms with Crippen molar-refractivity contribution >= 4 is 12.4 Å². The molecule has 1 aliphatic heterocycles.